The molecule has 6 rings (SSSR count). The van der Waals surface area contributed by atoms with Gasteiger partial charge in [-0.2, -0.15) is 5.26 Å². The van der Waals surface area contributed by atoms with Crippen molar-refractivity contribution in [2.24, 2.45) is 0 Å². The Morgan fingerprint density at radius 1 is 0.971 bits per heavy atom. The lowest BCUT2D eigenvalue weighted by molar-refractivity contribution is 0.0746. The highest BCUT2D eigenvalue weighted by Gasteiger charge is 2.27. The van der Waals surface area contributed by atoms with Crippen molar-refractivity contribution in [3.8, 4) is 17.7 Å². The van der Waals surface area contributed by atoms with Crippen molar-refractivity contribution in [3.63, 3.8) is 0 Å². The molecule has 4 heterocycles. The van der Waals surface area contributed by atoms with E-state index in [2.05, 4.69) is 21.2 Å². The van der Waals surface area contributed by atoms with E-state index >= 15 is 0 Å². The molecule has 0 N–H and O–H groups in total. The lowest BCUT2D eigenvalue weighted by atomic mass is 10.1. The molecule has 0 radical (unpaired) electrons. The summed E-state index contributed by atoms with van der Waals surface area (Å²) < 4.78 is 7.54. The van der Waals surface area contributed by atoms with E-state index < -0.39 is 0 Å². The number of nitrogens with zero attached hydrogens (tertiary/aromatic N) is 7. The first-order chi connectivity index (χ1) is 16.7. The Hall–Kier alpha value is -4.71. The van der Waals surface area contributed by atoms with Crippen LogP contribution in [0.4, 0.5) is 5.95 Å². The number of hydrogen-bond donors (Lipinski definition) is 0. The maximum atomic E-state index is 13.0. The standard InChI is InChI=1S/C25H19N7O2/c26-16-17-5-3-6-18(15-17)24(33)30-10-12-31(13-11-30)25-27-20-8-2-1-7-19(20)22-28-29-23(32(22)25)21-9-4-14-34-21/h1-9,14-15H,10-13H2. The van der Waals surface area contributed by atoms with E-state index in [9.17, 15) is 4.79 Å². The first-order valence-corrected chi connectivity index (χ1v) is 10.9. The first-order valence-electron chi connectivity index (χ1n) is 10.9. The van der Waals surface area contributed by atoms with Crippen LogP contribution < -0.4 is 4.90 Å². The van der Waals surface area contributed by atoms with Gasteiger partial charge >= 0.3 is 0 Å². The van der Waals surface area contributed by atoms with E-state index in [-0.39, 0.29) is 5.91 Å². The van der Waals surface area contributed by atoms with Gasteiger partial charge in [0, 0.05) is 37.1 Å². The van der Waals surface area contributed by atoms with Gasteiger partial charge in [-0.25, -0.2) is 9.38 Å². The fourth-order valence-corrected chi connectivity index (χ4v) is 4.36. The smallest absolute Gasteiger partial charge is 0.254 e. The third kappa shape index (κ3) is 3.24. The van der Waals surface area contributed by atoms with Gasteiger partial charge in [0.25, 0.3) is 5.91 Å². The second-order valence-electron chi connectivity index (χ2n) is 8.06. The van der Waals surface area contributed by atoms with Crippen molar-refractivity contribution in [3.05, 3.63) is 78.1 Å². The van der Waals surface area contributed by atoms with Gasteiger partial charge in [-0.05, 0) is 42.5 Å². The summed E-state index contributed by atoms with van der Waals surface area (Å²) in [5.41, 5.74) is 2.54. The Morgan fingerprint density at radius 3 is 2.62 bits per heavy atom. The number of hydrogen-bond acceptors (Lipinski definition) is 7. The van der Waals surface area contributed by atoms with Crippen molar-refractivity contribution in [2.45, 2.75) is 0 Å². The fourth-order valence-electron chi connectivity index (χ4n) is 4.36. The van der Waals surface area contributed by atoms with Crippen LogP contribution in [0.25, 0.3) is 28.1 Å². The molecule has 0 spiro atoms. The van der Waals surface area contributed by atoms with Gasteiger partial charge in [-0.1, -0.05) is 18.2 Å². The van der Waals surface area contributed by atoms with Crippen LogP contribution >= 0.6 is 0 Å². The topological polar surface area (TPSA) is 104 Å². The number of para-hydroxylation sites is 1. The van der Waals surface area contributed by atoms with Gasteiger partial charge in [0.05, 0.1) is 23.4 Å². The fraction of sp³-hybridized carbons (Fsp3) is 0.160. The Morgan fingerprint density at radius 2 is 1.82 bits per heavy atom. The summed E-state index contributed by atoms with van der Waals surface area (Å²) in [4.78, 5) is 21.9. The zero-order valence-electron chi connectivity index (χ0n) is 18.1. The molecule has 5 aromatic rings. The molecule has 0 aliphatic carbocycles. The maximum absolute atomic E-state index is 13.0. The minimum Gasteiger partial charge on any atom is -0.461 e. The number of carbonyl (C=O) groups is 1. The molecule has 34 heavy (non-hydrogen) atoms. The highest BCUT2D eigenvalue weighted by atomic mass is 16.3. The van der Waals surface area contributed by atoms with Gasteiger partial charge in [0.2, 0.25) is 11.8 Å². The molecule has 1 aliphatic heterocycles. The van der Waals surface area contributed by atoms with Crippen LogP contribution in [0.1, 0.15) is 15.9 Å². The molecular formula is C25H19N7O2. The van der Waals surface area contributed by atoms with E-state index in [0.29, 0.717) is 60.5 Å². The van der Waals surface area contributed by atoms with Crippen molar-refractivity contribution < 1.29 is 9.21 Å². The predicted molar refractivity (Wildman–Crippen MR) is 125 cm³/mol. The summed E-state index contributed by atoms with van der Waals surface area (Å²) in [6.07, 6.45) is 1.61. The number of aromatic nitrogens is 4. The zero-order chi connectivity index (χ0) is 23.1. The van der Waals surface area contributed by atoms with Crippen molar-refractivity contribution in [1.82, 2.24) is 24.5 Å². The number of nitriles is 1. The van der Waals surface area contributed by atoms with Crippen LogP contribution in [0.3, 0.4) is 0 Å². The van der Waals surface area contributed by atoms with E-state index in [1.54, 1.807) is 30.5 Å². The van der Waals surface area contributed by atoms with Crippen LogP contribution in [0.5, 0.6) is 0 Å². The molecular weight excluding hydrogens is 430 g/mol. The molecule has 1 aliphatic rings. The van der Waals surface area contributed by atoms with E-state index in [1.807, 2.05) is 45.7 Å². The van der Waals surface area contributed by atoms with Crippen LogP contribution in [0, 0.1) is 11.3 Å². The summed E-state index contributed by atoms with van der Waals surface area (Å²) in [5, 5.41) is 18.9. The monoisotopic (exact) mass is 449 g/mol. The van der Waals surface area contributed by atoms with Crippen molar-refractivity contribution in [1.29, 1.82) is 5.26 Å². The molecule has 3 aromatic heterocycles. The van der Waals surface area contributed by atoms with E-state index in [4.69, 9.17) is 14.7 Å². The molecule has 0 bridgehead atoms. The number of benzene rings is 2. The summed E-state index contributed by atoms with van der Waals surface area (Å²) in [5.74, 6) is 1.83. The summed E-state index contributed by atoms with van der Waals surface area (Å²) in [6, 6.07) is 20.4. The minimum atomic E-state index is -0.0751. The average molecular weight is 449 g/mol. The second-order valence-corrected chi connectivity index (χ2v) is 8.06. The van der Waals surface area contributed by atoms with Crippen molar-refractivity contribution in [2.75, 3.05) is 31.1 Å². The molecule has 0 unspecified atom stereocenters. The second kappa shape index (κ2) is 8.01. The number of carbonyl (C=O) groups excluding carboxylic acids is 1. The number of rotatable bonds is 3. The van der Waals surface area contributed by atoms with Crippen LogP contribution in [-0.4, -0.2) is 56.6 Å². The van der Waals surface area contributed by atoms with E-state index in [1.165, 1.54) is 0 Å². The molecule has 166 valence electrons. The molecule has 1 amide bonds. The van der Waals surface area contributed by atoms with Crippen LogP contribution in [0.15, 0.2) is 71.3 Å². The number of amides is 1. The Bertz CT molecular complexity index is 1560. The van der Waals surface area contributed by atoms with Gasteiger partial charge in [0.15, 0.2) is 11.4 Å². The van der Waals surface area contributed by atoms with Crippen LogP contribution in [-0.2, 0) is 0 Å². The Labute approximate surface area is 194 Å². The summed E-state index contributed by atoms with van der Waals surface area (Å²) in [7, 11) is 0. The summed E-state index contributed by atoms with van der Waals surface area (Å²) >= 11 is 0. The lowest BCUT2D eigenvalue weighted by Gasteiger charge is -2.35. The first kappa shape index (κ1) is 19.9. The average Bonchev–Trinajstić information content (AvgIpc) is 3.58. The largest absolute Gasteiger partial charge is 0.461 e. The Kier molecular flexibility index (Phi) is 4.70. The zero-order valence-corrected chi connectivity index (χ0v) is 18.1. The van der Waals surface area contributed by atoms with Crippen LogP contribution in [0.2, 0.25) is 0 Å². The molecule has 2 aromatic carbocycles. The quantitative estimate of drug-likeness (QED) is 0.416. The molecule has 1 fully saturated rings. The lowest BCUT2D eigenvalue weighted by Crippen LogP contribution is -2.49. The maximum Gasteiger partial charge on any atom is 0.254 e. The van der Waals surface area contributed by atoms with Gasteiger partial charge < -0.3 is 14.2 Å². The highest BCUT2D eigenvalue weighted by Crippen LogP contribution is 2.29. The third-order valence-corrected chi connectivity index (χ3v) is 6.06. The normalized spacial score (nSPS) is 14.0. The highest BCUT2D eigenvalue weighted by molar-refractivity contribution is 5.95. The number of fused-ring (bicyclic) bond motifs is 3. The SMILES string of the molecule is N#Cc1cccc(C(=O)N2CCN(c3nc4ccccc4c4nnc(-c5ccco5)n34)CC2)c1. The molecule has 9 heteroatoms. The van der Waals surface area contributed by atoms with Crippen molar-refractivity contribution >= 4 is 28.4 Å². The molecule has 1 saturated heterocycles. The predicted octanol–water partition coefficient (Wildman–Crippen LogP) is 3.37. The molecule has 0 atom stereocenters. The number of anilines is 1. The minimum absolute atomic E-state index is 0.0751. The van der Waals surface area contributed by atoms with Gasteiger partial charge in [-0.15, -0.1) is 10.2 Å². The number of piperazine rings is 1. The molecule has 9 nitrogen and oxygen atoms in total. The molecule has 0 saturated carbocycles. The van der Waals surface area contributed by atoms with Gasteiger partial charge in [-0.3, -0.25) is 4.79 Å². The summed E-state index contributed by atoms with van der Waals surface area (Å²) in [6.45, 7) is 2.26. The number of furan rings is 1. The van der Waals surface area contributed by atoms with Gasteiger partial charge in [0.1, 0.15) is 0 Å². The Balaban J connectivity index is 1.35. The van der Waals surface area contributed by atoms with E-state index in [0.717, 1.165) is 10.9 Å². The third-order valence-electron chi connectivity index (χ3n) is 6.06.